The van der Waals surface area contributed by atoms with Gasteiger partial charge in [-0.25, -0.2) is 9.78 Å². The molecular weight excluding hydrogens is 180 g/mol. The van der Waals surface area contributed by atoms with Gasteiger partial charge < -0.3 is 9.72 Å². The van der Waals surface area contributed by atoms with Crippen LogP contribution in [0.2, 0.25) is 0 Å². The topological polar surface area (TPSA) is 55.0 Å². The van der Waals surface area contributed by atoms with Gasteiger partial charge in [-0.2, -0.15) is 0 Å². The lowest BCUT2D eigenvalue weighted by Crippen LogP contribution is -2.02. The molecule has 1 aromatic carbocycles. The zero-order valence-corrected chi connectivity index (χ0v) is 8.00. The maximum Gasteiger partial charge on any atom is 0.340 e. The fourth-order valence-corrected chi connectivity index (χ4v) is 1.46. The predicted octanol–water partition coefficient (Wildman–Crippen LogP) is 1.66. The van der Waals surface area contributed by atoms with Crippen molar-refractivity contribution in [3.05, 3.63) is 29.6 Å². The van der Waals surface area contributed by atoms with Crippen LogP contribution in [-0.4, -0.2) is 23.0 Å². The molecule has 4 heteroatoms. The van der Waals surface area contributed by atoms with Crippen molar-refractivity contribution in [1.29, 1.82) is 0 Å². The molecule has 0 unspecified atom stereocenters. The van der Waals surface area contributed by atoms with E-state index in [1.807, 2.05) is 13.0 Å². The van der Waals surface area contributed by atoms with E-state index in [1.165, 1.54) is 7.11 Å². The minimum Gasteiger partial charge on any atom is -0.465 e. The summed E-state index contributed by atoms with van der Waals surface area (Å²) in [4.78, 5) is 18.4. The number of aromatic nitrogens is 2. The van der Waals surface area contributed by atoms with Crippen molar-refractivity contribution in [1.82, 2.24) is 9.97 Å². The van der Waals surface area contributed by atoms with E-state index >= 15 is 0 Å². The van der Waals surface area contributed by atoms with Crippen molar-refractivity contribution < 1.29 is 9.53 Å². The number of hydrogen-bond donors (Lipinski definition) is 1. The lowest BCUT2D eigenvalue weighted by molar-refractivity contribution is 0.0602. The normalized spacial score (nSPS) is 10.4. The molecule has 0 radical (unpaired) electrons. The maximum absolute atomic E-state index is 11.4. The van der Waals surface area contributed by atoms with Crippen LogP contribution < -0.4 is 0 Å². The molecule has 0 fully saturated rings. The highest BCUT2D eigenvalue weighted by Crippen LogP contribution is 2.18. The molecule has 72 valence electrons. The van der Waals surface area contributed by atoms with Gasteiger partial charge in [0.1, 0.15) is 5.52 Å². The van der Waals surface area contributed by atoms with Gasteiger partial charge in [0, 0.05) is 0 Å². The number of esters is 1. The standard InChI is InChI=1S/C10H10N2O2/c1-6-3-7(10(13)14-2)9-8(4-6)11-5-12-9/h3-5H,1-2H3,(H,11,12). The highest BCUT2D eigenvalue weighted by Gasteiger charge is 2.12. The number of methoxy groups -OCH3 is 1. The molecule has 2 aromatic rings. The molecule has 0 atom stereocenters. The van der Waals surface area contributed by atoms with Crippen molar-refractivity contribution in [3.8, 4) is 0 Å². The number of aromatic amines is 1. The number of fused-ring (bicyclic) bond motifs is 1. The Morgan fingerprint density at radius 3 is 3.00 bits per heavy atom. The van der Waals surface area contributed by atoms with Gasteiger partial charge in [0.25, 0.3) is 0 Å². The SMILES string of the molecule is COC(=O)c1cc(C)cc2[nH]cnc12. The average molecular weight is 190 g/mol. The van der Waals surface area contributed by atoms with Crippen molar-refractivity contribution >= 4 is 17.0 Å². The summed E-state index contributed by atoms with van der Waals surface area (Å²) in [6.45, 7) is 1.92. The minimum absolute atomic E-state index is 0.356. The fourth-order valence-electron chi connectivity index (χ4n) is 1.46. The number of nitrogens with one attached hydrogen (secondary N) is 1. The Balaban J connectivity index is 2.72. The molecule has 4 nitrogen and oxygen atoms in total. The van der Waals surface area contributed by atoms with Crippen molar-refractivity contribution in [2.75, 3.05) is 7.11 Å². The van der Waals surface area contributed by atoms with Crippen molar-refractivity contribution in [3.63, 3.8) is 0 Å². The van der Waals surface area contributed by atoms with Gasteiger partial charge in [-0.3, -0.25) is 0 Å². The molecule has 0 spiro atoms. The molecule has 14 heavy (non-hydrogen) atoms. The van der Waals surface area contributed by atoms with Gasteiger partial charge in [0.05, 0.1) is 24.5 Å². The van der Waals surface area contributed by atoms with E-state index in [-0.39, 0.29) is 5.97 Å². The molecule has 0 amide bonds. The van der Waals surface area contributed by atoms with Crippen LogP contribution in [0.25, 0.3) is 11.0 Å². The van der Waals surface area contributed by atoms with Crippen LogP contribution in [-0.2, 0) is 4.74 Å². The van der Waals surface area contributed by atoms with Crippen molar-refractivity contribution in [2.24, 2.45) is 0 Å². The second-order valence-electron chi connectivity index (χ2n) is 3.10. The first-order valence-electron chi connectivity index (χ1n) is 4.24. The Labute approximate surface area is 80.9 Å². The quantitative estimate of drug-likeness (QED) is 0.696. The Kier molecular flexibility index (Phi) is 1.96. The Morgan fingerprint density at radius 2 is 2.29 bits per heavy atom. The van der Waals surface area contributed by atoms with E-state index in [1.54, 1.807) is 12.4 Å². The molecular formula is C10H10N2O2. The zero-order chi connectivity index (χ0) is 10.1. The first kappa shape index (κ1) is 8.74. The Hall–Kier alpha value is -1.84. The monoisotopic (exact) mass is 190 g/mol. The van der Waals surface area contributed by atoms with Gasteiger partial charge in [-0.05, 0) is 24.6 Å². The number of carbonyl (C=O) groups excluding carboxylic acids is 1. The van der Waals surface area contributed by atoms with E-state index in [2.05, 4.69) is 14.7 Å². The van der Waals surface area contributed by atoms with Crippen LogP contribution in [0.5, 0.6) is 0 Å². The van der Waals surface area contributed by atoms with Gasteiger partial charge in [-0.1, -0.05) is 0 Å². The number of nitrogens with zero attached hydrogens (tertiary/aromatic N) is 1. The summed E-state index contributed by atoms with van der Waals surface area (Å²) in [5, 5.41) is 0. The van der Waals surface area contributed by atoms with E-state index in [0.29, 0.717) is 11.1 Å². The summed E-state index contributed by atoms with van der Waals surface area (Å²) in [5.41, 5.74) is 3.01. The third-order valence-corrected chi connectivity index (χ3v) is 2.07. The average Bonchev–Trinajstić information content (AvgIpc) is 2.62. The van der Waals surface area contributed by atoms with Gasteiger partial charge >= 0.3 is 5.97 Å². The van der Waals surface area contributed by atoms with Crippen LogP contribution >= 0.6 is 0 Å². The number of H-pyrrole nitrogens is 1. The number of imidazole rings is 1. The molecule has 1 aromatic heterocycles. The molecule has 0 bridgehead atoms. The number of aryl methyl sites for hydroxylation is 1. The smallest absolute Gasteiger partial charge is 0.340 e. The number of carbonyl (C=O) groups is 1. The first-order valence-corrected chi connectivity index (χ1v) is 4.24. The number of hydrogen-bond acceptors (Lipinski definition) is 3. The van der Waals surface area contributed by atoms with E-state index in [9.17, 15) is 4.79 Å². The van der Waals surface area contributed by atoms with E-state index in [4.69, 9.17) is 0 Å². The van der Waals surface area contributed by atoms with E-state index < -0.39 is 0 Å². The Bertz CT molecular complexity index is 488. The zero-order valence-electron chi connectivity index (χ0n) is 8.00. The third kappa shape index (κ3) is 1.25. The lowest BCUT2D eigenvalue weighted by Gasteiger charge is -2.01. The maximum atomic E-state index is 11.4. The highest BCUT2D eigenvalue weighted by atomic mass is 16.5. The molecule has 0 aliphatic carbocycles. The molecule has 0 aliphatic rings. The van der Waals surface area contributed by atoms with Gasteiger partial charge in [-0.15, -0.1) is 0 Å². The molecule has 2 rings (SSSR count). The molecule has 0 saturated heterocycles. The van der Waals surface area contributed by atoms with Crippen LogP contribution in [0.15, 0.2) is 18.5 Å². The summed E-state index contributed by atoms with van der Waals surface area (Å²) in [6.07, 6.45) is 1.57. The Morgan fingerprint density at radius 1 is 1.50 bits per heavy atom. The van der Waals surface area contributed by atoms with Crippen LogP contribution in [0, 0.1) is 6.92 Å². The molecule has 0 saturated carbocycles. The second kappa shape index (κ2) is 3.14. The highest BCUT2D eigenvalue weighted by molar-refractivity contribution is 6.02. The third-order valence-electron chi connectivity index (χ3n) is 2.07. The van der Waals surface area contributed by atoms with E-state index in [0.717, 1.165) is 11.1 Å². The summed E-state index contributed by atoms with van der Waals surface area (Å²) in [7, 11) is 1.36. The second-order valence-corrected chi connectivity index (χ2v) is 3.10. The number of benzene rings is 1. The minimum atomic E-state index is -0.356. The van der Waals surface area contributed by atoms with Gasteiger partial charge in [0.2, 0.25) is 0 Å². The molecule has 1 N–H and O–H groups in total. The lowest BCUT2D eigenvalue weighted by atomic mass is 10.1. The van der Waals surface area contributed by atoms with Crippen LogP contribution in [0.3, 0.4) is 0 Å². The summed E-state index contributed by atoms with van der Waals surface area (Å²) < 4.78 is 4.68. The van der Waals surface area contributed by atoms with Crippen molar-refractivity contribution in [2.45, 2.75) is 6.92 Å². The van der Waals surface area contributed by atoms with Crippen LogP contribution in [0.1, 0.15) is 15.9 Å². The first-order chi connectivity index (χ1) is 6.72. The summed E-state index contributed by atoms with van der Waals surface area (Å²) in [5.74, 6) is -0.356. The number of ether oxygens (including phenoxy) is 1. The predicted molar refractivity (Wildman–Crippen MR) is 52.2 cm³/mol. The summed E-state index contributed by atoms with van der Waals surface area (Å²) >= 11 is 0. The van der Waals surface area contributed by atoms with Crippen LogP contribution in [0.4, 0.5) is 0 Å². The largest absolute Gasteiger partial charge is 0.465 e. The summed E-state index contributed by atoms with van der Waals surface area (Å²) in [6, 6.07) is 3.71. The molecule has 0 aliphatic heterocycles. The number of rotatable bonds is 1. The van der Waals surface area contributed by atoms with Gasteiger partial charge in [0.15, 0.2) is 0 Å². The molecule has 1 heterocycles. The fraction of sp³-hybridized carbons (Fsp3) is 0.200.